The monoisotopic (exact) mass is 559 g/mol. The van der Waals surface area contributed by atoms with Gasteiger partial charge in [-0.1, -0.05) is 66.7 Å². The number of rotatable bonds is 5. The standard InChI is InChI=1S/C32H28F3N3O3/c33-32(34,35)24-12-5-10-22(18-24)27(39)29(41)38-16-6-13-26-25(19-38)28(40)37-30(36-26)31(14-15-31)23-11-4-9-21(17-23)20-7-2-1-3-8-20/h1-5,7-12,17-18,27,39H,6,13-16,19H2,(H,36,37,40)/t27-/m1/s1. The number of nitrogens with one attached hydrogen (secondary N) is 1. The van der Waals surface area contributed by atoms with Crippen molar-refractivity contribution in [3.8, 4) is 11.1 Å². The molecule has 6 nitrogen and oxygen atoms in total. The lowest BCUT2D eigenvalue weighted by Crippen LogP contribution is -2.36. The second-order valence-electron chi connectivity index (χ2n) is 10.8. The maximum Gasteiger partial charge on any atom is 0.416 e. The first-order chi connectivity index (χ1) is 19.7. The minimum Gasteiger partial charge on any atom is -0.378 e. The summed E-state index contributed by atoms with van der Waals surface area (Å²) in [6.07, 6.45) is -3.71. The fourth-order valence-corrected chi connectivity index (χ4v) is 5.65. The minimum atomic E-state index is -4.60. The Labute approximate surface area is 234 Å². The van der Waals surface area contributed by atoms with Crippen LogP contribution >= 0.6 is 0 Å². The molecule has 210 valence electrons. The Hall–Kier alpha value is -4.24. The van der Waals surface area contributed by atoms with Gasteiger partial charge in [-0.15, -0.1) is 0 Å². The number of hydrogen-bond donors (Lipinski definition) is 2. The van der Waals surface area contributed by atoms with E-state index in [0.29, 0.717) is 29.9 Å². The summed E-state index contributed by atoms with van der Waals surface area (Å²) in [5.41, 5.74) is 2.39. The molecule has 41 heavy (non-hydrogen) atoms. The van der Waals surface area contributed by atoms with Gasteiger partial charge in [-0.3, -0.25) is 9.59 Å². The van der Waals surface area contributed by atoms with Crippen molar-refractivity contribution in [1.82, 2.24) is 14.9 Å². The molecule has 2 aliphatic rings. The Morgan fingerprint density at radius 2 is 1.71 bits per heavy atom. The van der Waals surface area contributed by atoms with Crippen LogP contribution in [-0.4, -0.2) is 32.4 Å². The van der Waals surface area contributed by atoms with Gasteiger partial charge in [0, 0.05) is 6.54 Å². The SMILES string of the molecule is O=C([C@H](O)c1cccc(C(F)(F)F)c1)N1CCCc2nc(C3(c4cccc(-c5ccccc5)c4)CC3)[nH]c(=O)c2C1. The molecule has 1 saturated carbocycles. The van der Waals surface area contributed by atoms with E-state index in [0.717, 1.165) is 47.7 Å². The van der Waals surface area contributed by atoms with E-state index >= 15 is 0 Å². The lowest BCUT2D eigenvalue weighted by Gasteiger charge is -2.24. The molecule has 1 aromatic heterocycles. The summed E-state index contributed by atoms with van der Waals surface area (Å²) in [7, 11) is 0. The van der Waals surface area contributed by atoms with Crippen molar-refractivity contribution < 1.29 is 23.1 Å². The maximum atomic E-state index is 13.4. The molecular formula is C32H28F3N3O3. The molecule has 4 aromatic rings. The number of aliphatic hydroxyl groups excluding tert-OH is 1. The Kier molecular flexibility index (Phi) is 6.77. The first kappa shape index (κ1) is 27.0. The molecule has 1 fully saturated rings. The van der Waals surface area contributed by atoms with E-state index in [1.807, 2.05) is 24.3 Å². The van der Waals surface area contributed by atoms with Crippen LogP contribution in [0.3, 0.4) is 0 Å². The lowest BCUT2D eigenvalue weighted by molar-refractivity contribution is -0.142. The average Bonchev–Trinajstić information content (AvgIpc) is 3.81. The van der Waals surface area contributed by atoms with Gasteiger partial charge in [0.25, 0.3) is 11.5 Å². The smallest absolute Gasteiger partial charge is 0.378 e. The van der Waals surface area contributed by atoms with Crippen LogP contribution in [0.15, 0.2) is 83.7 Å². The number of H-pyrrole nitrogens is 1. The number of alkyl halides is 3. The predicted octanol–water partition coefficient (Wildman–Crippen LogP) is 5.54. The highest BCUT2D eigenvalue weighted by molar-refractivity contribution is 5.82. The molecule has 0 saturated heterocycles. The van der Waals surface area contributed by atoms with Crippen molar-refractivity contribution in [2.45, 2.75) is 49.9 Å². The van der Waals surface area contributed by atoms with E-state index in [2.05, 4.69) is 35.3 Å². The van der Waals surface area contributed by atoms with Crippen molar-refractivity contribution in [1.29, 1.82) is 0 Å². The highest BCUT2D eigenvalue weighted by atomic mass is 19.4. The van der Waals surface area contributed by atoms with Crippen LogP contribution < -0.4 is 5.56 Å². The number of amides is 1. The molecule has 1 aliphatic heterocycles. The fraction of sp³-hybridized carbons (Fsp3) is 0.281. The van der Waals surface area contributed by atoms with Gasteiger partial charge >= 0.3 is 6.18 Å². The second kappa shape index (κ2) is 10.3. The van der Waals surface area contributed by atoms with Crippen molar-refractivity contribution in [2.24, 2.45) is 0 Å². The van der Waals surface area contributed by atoms with Gasteiger partial charge in [0.2, 0.25) is 0 Å². The molecule has 2 N–H and O–H groups in total. The summed E-state index contributed by atoms with van der Waals surface area (Å²) in [5.74, 6) is -0.146. The second-order valence-corrected chi connectivity index (χ2v) is 10.8. The maximum absolute atomic E-state index is 13.4. The van der Waals surface area contributed by atoms with Crippen LogP contribution in [0, 0.1) is 0 Å². The Morgan fingerprint density at radius 3 is 2.44 bits per heavy atom. The van der Waals surface area contributed by atoms with Crippen LogP contribution in [0.4, 0.5) is 13.2 Å². The first-order valence-electron chi connectivity index (χ1n) is 13.6. The Balaban J connectivity index is 1.26. The summed E-state index contributed by atoms with van der Waals surface area (Å²) in [6, 6.07) is 22.4. The number of fused-ring (bicyclic) bond motifs is 1. The Morgan fingerprint density at radius 1 is 0.976 bits per heavy atom. The summed E-state index contributed by atoms with van der Waals surface area (Å²) in [6.45, 7) is 0.160. The lowest BCUT2D eigenvalue weighted by atomic mass is 9.91. The number of benzene rings is 3. The van der Waals surface area contributed by atoms with E-state index in [1.54, 1.807) is 0 Å². The highest BCUT2D eigenvalue weighted by Crippen LogP contribution is 2.52. The Bertz CT molecular complexity index is 1660. The average molecular weight is 560 g/mol. The third kappa shape index (κ3) is 5.17. The van der Waals surface area contributed by atoms with Crippen LogP contribution in [0.1, 0.15) is 59.1 Å². The number of halogens is 3. The number of aliphatic hydroxyl groups is 1. The van der Waals surface area contributed by atoms with E-state index < -0.39 is 23.8 Å². The van der Waals surface area contributed by atoms with Gasteiger partial charge < -0.3 is 15.0 Å². The molecule has 3 aromatic carbocycles. The third-order valence-electron chi connectivity index (χ3n) is 8.09. The zero-order valence-corrected chi connectivity index (χ0v) is 22.1. The molecule has 0 bridgehead atoms. The summed E-state index contributed by atoms with van der Waals surface area (Å²) < 4.78 is 39.5. The fourth-order valence-electron chi connectivity index (χ4n) is 5.65. The number of hydrogen-bond acceptors (Lipinski definition) is 4. The molecule has 1 atom stereocenters. The van der Waals surface area contributed by atoms with Crippen LogP contribution in [-0.2, 0) is 29.4 Å². The van der Waals surface area contributed by atoms with Gasteiger partial charge in [-0.25, -0.2) is 4.98 Å². The largest absolute Gasteiger partial charge is 0.416 e. The number of aromatic amines is 1. The number of carbonyl (C=O) groups excluding carboxylic acids is 1. The zero-order chi connectivity index (χ0) is 28.8. The van der Waals surface area contributed by atoms with E-state index in [-0.39, 0.29) is 29.6 Å². The summed E-state index contributed by atoms with van der Waals surface area (Å²) in [4.78, 5) is 35.7. The predicted molar refractivity (Wildman–Crippen MR) is 147 cm³/mol. The number of aryl methyl sites for hydroxylation is 1. The van der Waals surface area contributed by atoms with E-state index in [9.17, 15) is 27.9 Å². The van der Waals surface area contributed by atoms with Crippen LogP contribution in [0.25, 0.3) is 11.1 Å². The zero-order valence-electron chi connectivity index (χ0n) is 22.1. The molecule has 9 heteroatoms. The normalized spacial score (nSPS) is 16.9. The van der Waals surface area contributed by atoms with Gasteiger partial charge in [-0.2, -0.15) is 13.2 Å². The number of carbonyl (C=O) groups is 1. The van der Waals surface area contributed by atoms with Gasteiger partial charge in [0.05, 0.1) is 28.8 Å². The molecule has 0 spiro atoms. The minimum absolute atomic E-state index is 0.0801. The highest BCUT2D eigenvalue weighted by Gasteiger charge is 2.49. The molecule has 1 aliphatic carbocycles. The molecule has 0 radical (unpaired) electrons. The van der Waals surface area contributed by atoms with Crippen LogP contribution in [0.5, 0.6) is 0 Å². The van der Waals surface area contributed by atoms with Crippen molar-refractivity contribution >= 4 is 5.91 Å². The third-order valence-corrected chi connectivity index (χ3v) is 8.09. The molecule has 2 heterocycles. The molecule has 0 unspecified atom stereocenters. The molecular weight excluding hydrogens is 531 g/mol. The van der Waals surface area contributed by atoms with Crippen molar-refractivity contribution in [3.05, 3.63) is 123 Å². The summed E-state index contributed by atoms with van der Waals surface area (Å²) in [5, 5.41) is 10.7. The van der Waals surface area contributed by atoms with Gasteiger partial charge in [-0.05, 0) is 60.1 Å². The molecule has 1 amide bonds. The molecule has 6 rings (SSSR count). The van der Waals surface area contributed by atoms with E-state index in [4.69, 9.17) is 4.98 Å². The van der Waals surface area contributed by atoms with Gasteiger partial charge in [0.1, 0.15) is 5.82 Å². The first-order valence-corrected chi connectivity index (χ1v) is 13.6. The quantitative estimate of drug-likeness (QED) is 0.336. The topological polar surface area (TPSA) is 86.3 Å². The number of nitrogens with zero attached hydrogens (tertiary/aromatic N) is 2. The van der Waals surface area contributed by atoms with Crippen LogP contribution in [0.2, 0.25) is 0 Å². The number of aromatic nitrogens is 2. The van der Waals surface area contributed by atoms with E-state index in [1.165, 1.54) is 11.0 Å². The van der Waals surface area contributed by atoms with Crippen molar-refractivity contribution in [3.63, 3.8) is 0 Å². The summed E-state index contributed by atoms with van der Waals surface area (Å²) >= 11 is 0. The van der Waals surface area contributed by atoms with Crippen molar-refractivity contribution in [2.75, 3.05) is 6.54 Å². The van der Waals surface area contributed by atoms with Gasteiger partial charge in [0.15, 0.2) is 6.10 Å².